The highest BCUT2D eigenvalue weighted by molar-refractivity contribution is 5.99. The number of hydrogen-bond donors (Lipinski definition) is 2. The van der Waals surface area contributed by atoms with Gasteiger partial charge in [0.05, 0.1) is 29.4 Å². The largest absolute Gasteiger partial charge is 0.372 e. The summed E-state index contributed by atoms with van der Waals surface area (Å²) in [6, 6.07) is 20.0. The first kappa shape index (κ1) is 18.2. The second-order valence-electron chi connectivity index (χ2n) is 8.69. The van der Waals surface area contributed by atoms with Crippen LogP contribution in [0.3, 0.4) is 0 Å². The number of carbonyl (C=O) groups is 2. The lowest BCUT2D eigenvalue weighted by Gasteiger charge is -2.46. The van der Waals surface area contributed by atoms with Gasteiger partial charge in [0.2, 0.25) is 5.91 Å². The van der Waals surface area contributed by atoms with Crippen molar-refractivity contribution in [3.63, 3.8) is 0 Å². The van der Waals surface area contributed by atoms with E-state index in [9.17, 15) is 9.59 Å². The number of anilines is 1. The number of para-hydroxylation sites is 2. The molecule has 6 heteroatoms. The Kier molecular flexibility index (Phi) is 3.96. The van der Waals surface area contributed by atoms with Gasteiger partial charge in [-0.15, -0.1) is 0 Å². The van der Waals surface area contributed by atoms with Gasteiger partial charge < -0.3 is 20.1 Å². The second kappa shape index (κ2) is 6.74. The van der Waals surface area contributed by atoms with E-state index in [0.29, 0.717) is 25.1 Å². The molecule has 156 valence electrons. The van der Waals surface area contributed by atoms with Crippen molar-refractivity contribution >= 4 is 17.5 Å². The maximum atomic E-state index is 13.1. The minimum Gasteiger partial charge on any atom is -0.372 e. The molecule has 2 aromatic carbocycles. The van der Waals surface area contributed by atoms with Gasteiger partial charge in [-0.25, -0.2) is 0 Å². The number of carbonyl (C=O) groups excluding carboxylic acids is 2. The highest BCUT2D eigenvalue weighted by Gasteiger charge is 2.42. The number of piperidine rings is 1. The summed E-state index contributed by atoms with van der Waals surface area (Å²) >= 11 is 0. The monoisotopic (exact) mass is 412 g/mol. The molecule has 0 aliphatic carbocycles. The third kappa shape index (κ3) is 2.78. The van der Waals surface area contributed by atoms with Crippen LogP contribution in [0.25, 0.3) is 5.69 Å². The third-order valence-corrected chi connectivity index (χ3v) is 7.01. The number of hydrogen-bond acceptors (Lipinski definition) is 3. The van der Waals surface area contributed by atoms with Gasteiger partial charge in [0.15, 0.2) is 0 Å². The van der Waals surface area contributed by atoms with Crippen molar-refractivity contribution in [2.75, 3.05) is 18.4 Å². The van der Waals surface area contributed by atoms with Crippen LogP contribution >= 0.6 is 0 Å². The van der Waals surface area contributed by atoms with Crippen molar-refractivity contribution in [2.24, 2.45) is 0 Å². The Morgan fingerprint density at radius 1 is 1.00 bits per heavy atom. The average molecular weight is 412 g/mol. The standard InChI is InChI=1S/C25H24N4O2/c30-23(16-20-17-6-1-2-7-18(17)24(31)26-20)28-14-11-25(12-15-28)22-10-5-13-29(22)21-9-4-3-8-19(21)27-25/h1-10,13,20,27H,11-12,14-16H2,(H,26,31)/t20-/m1/s1. The fourth-order valence-corrected chi connectivity index (χ4v) is 5.40. The van der Waals surface area contributed by atoms with E-state index in [2.05, 4.69) is 57.8 Å². The van der Waals surface area contributed by atoms with Crippen LogP contribution in [0, 0.1) is 0 Å². The molecule has 3 aromatic rings. The number of nitrogens with zero attached hydrogens (tertiary/aromatic N) is 2. The SMILES string of the molecule is O=C1N[C@H](CC(=O)N2CCC3(CC2)Nc2ccccc2-n2cccc23)c2ccccc21. The Balaban J connectivity index is 1.19. The van der Waals surface area contributed by atoms with E-state index in [1.165, 1.54) is 11.4 Å². The highest BCUT2D eigenvalue weighted by atomic mass is 16.2. The van der Waals surface area contributed by atoms with E-state index in [1.54, 1.807) is 0 Å². The summed E-state index contributed by atoms with van der Waals surface area (Å²) in [4.78, 5) is 27.2. The van der Waals surface area contributed by atoms with Crippen LogP contribution in [0.4, 0.5) is 5.69 Å². The molecule has 3 aliphatic rings. The minimum absolute atomic E-state index is 0.0863. The second-order valence-corrected chi connectivity index (χ2v) is 8.69. The van der Waals surface area contributed by atoms with Crippen molar-refractivity contribution in [2.45, 2.75) is 30.8 Å². The normalized spacial score (nSPS) is 20.5. The Hall–Kier alpha value is -3.54. The van der Waals surface area contributed by atoms with E-state index in [1.807, 2.05) is 29.2 Å². The summed E-state index contributed by atoms with van der Waals surface area (Å²) in [5, 5.41) is 6.75. The van der Waals surface area contributed by atoms with Gasteiger partial charge in [0, 0.05) is 30.5 Å². The van der Waals surface area contributed by atoms with Crippen LogP contribution in [0.15, 0.2) is 66.9 Å². The highest BCUT2D eigenvalue weighted by Crippen LogP contribution is 2.43. The molecule has 6 nitrogen and oxygen atoms in total. The number of nitrogens with one attached hydrogen (secondary N) is 2. The van der Waals surface area contributed by atoms with Gasteiger partial charge in [0.1, 0.15) is 0 Å². The first-order valence-corrected chi connectivity index (χ1v) is 10.9. The third-order valence-electron chi connectivity index (χ3n) is 7.01. The van der Waals surface area contributed by atoms with Gasteiger partial charge in [-0.1, -0.05) is 30.3 Å². The maximum absolute atomic E-state index is 13.1. The first-order chi connectivity index (χ1) is 15.1. The predicted octanol–water partition coefficient (Wildman–Crippen LogP) is 3.60. The van der Waals surface area contributed by atoms with Gasteiger partial charge in [0.25, 0.3) is 5.91 Å². The summed E-state index contributed by atoms with van der Waals surface area (Å²) in [5.74, 6) is 0.0141. The molecule has 1 aromatic heterocycles. The van der Waals surface area contributed by atoms with Gasteiger partial charge in [-0.3, -0.25) is 9.59 Å². The molecule has 6 rings (SSSR count). The molecular formula is C25H24N4O2. The molecule has 3 aliphatic heterocycles. The molecule has 2 N–H and O–H groups in total. The van der Waals surface area contributed by atoms with Crippen molar-refractivity contribution in [1.29, 1.82) is 0 Å². The van der Waals surface area contributed by atoms with E-state index < -0.39 is 0 Å². The van der Waals surface area contributed by atoms with Gasteiger partial charge >= 0.3 is 0 Å². The van der Waals surface area contributed by atoms with Crippen LogP contribution in [-0.4, -0.2) is 34.4 Å². The fourth-order valence-electron chi connectivity index (χ4n) is 5.40. The van der Waals surface area contributed by atoms with Crippen molar-refractivity contribution in [1.82, 2.24) is 14.8 Å². The Bertz CT molecular complexity index is 1190. The van der Waals surface area contributed by atoms with Crippen LogP contribution < -0.4 is 10.6 Å². The number of amides is 2. The summed E-state index contributed by atoms with van der Waals surface area (Å²) in [7, 11) is 0. The van der Waals surface area contributed by atoms with E-state index >= 15 is 0 Å². The summed E-state index contributed by atoms with van der Waals surface area (Å²) in [6.07, 6.45) is 4.13. The van der Waals surface area contributed by atoms with E-state index in [-0.39, 0.29) is 23.4 Å². The quantitative estimate of drug-likeness (QED) is 0.676. The van der Waals surface area contributed by atoms with Crippen molar-refractivity contribution < 1.29 is 9.59 Å². The number of benzene rings is 2. The molecule has 0 radical (unpaired) electrons. The minimum atomic E-state index is -0.232. The topological polar surface area (TPSA) is 66.4 Å². The van der Waals surface area contributed by atoms with E-state index in [0.717, 1.165) is 24.1 Å². The van der Waals surface area contributed by atoms with Crippen LogP contribution in [0.1, 0.15) is 46.9 Å². The fraction of sp³-hybridized carbons (Fsp3) is 0.280. The maximum Gasteiger partial charge on any atom is 0.252 e. The molecule has 2 amide bonds. The predicted molar refractivity (Wildman–Crippen MR) is 118 cm³/mol. The molecule has 0 saturated carbocycles. The number of aromatic nitrogens is 1. The number of likely N-dealkylation sites (tertiary alicyclic amines) is 1. The zero-order valence-electron chi connectivity index (χ0n) is 17.2. The molecule has 1 spiro atoms. The Morgan fingerprint density at radius 3 is 2.65 bits per heavy atom. The van der Waals surface area contributed by atoms with Crippen LogP contribution in [-0.2, 0) is 10.3 Å². The van der Waals surface area contributed by atoms with Gasteiger partial charge in [-0.05, 0) is 48.7 Å². The molecule has 1 fully saturated rings. The smallest absolute Gasteiger partial charge is 0.252 e. The lowest BCUT2D eigenvalue weighted by atomic mass is 9.82. The molecule has 4 heterocycles. The van der Waals surface area contributed by atoms with Crippen LogP contribution in [0.5, 0.6) is 0 Å². The molecular weight excluding hydrogens is 388 g/mol. The van der Waals surface area contributed by atoms with Crippen molar-refractivity contribution in [3.8, 4) is 5.69 Å². The average Bonchev–Trinajstić information content (AvgIpc) is 3.41. The first-order valence-electron chi connectivity index (χ1n) is 10.9. The lowest BCUT2D eigenvalue weighted by molar-refractivity contribution is -0.133. The van der Waals surface area contributed by atoms with Crippen LogP contribution in [0.2, 0.25) is 0 Å². The molecule has 0 bridgehead atoms. The number of fused-ring (bicyclic) bond motifs is 5. The summed E-state index contributed by atoms with van der Waals surface area (Å²) < 4.78 is 2.27. The Morgan fingerprint density at radius 2 is 1.77 bits per heavy atom. The molecule has 1 saturated heterocycles. The molecule has 0 unspecified atom stereocenters. The zero-order valence-corrected chi connectivity index (χ0v) is 17.2. The number of rotatable bonds is 2. The zero-order chi connectivity index (χ0) is 21.0. The summed E-state index contributed by atoms with van der Waals surface area (Å²) in [6.45, 7) is 1.39. The van der Waals surface area contributed by atoms with Gasteiger partial charge in [-0.2, -0.15) is 0 Å². The van der Waals surface area contributed by atoms with E-state index in [4.69, 9.17) is 0 Å². The summed E-state index contributed by atoms with van der Waals surface area (Å²) in [5.41, 5.74) is 5.01. The Labute approximate surface area is 180 Å². The molecule has 1 atom stereocenters. The lowest BCUT2D eigenvalue weighted by Crippen LogP contribution is -2.51. The van der Waals surface area contributed by atoms with Crippen molar-refractivity contribution in [3.05, 3.63) is 83.7 Å². The molecule has 31 heavy (non-hydrogen) atoms.